The number of aromatic nitrogens is 2. The molecule has 4 nitrogen and oxygen atoms in total. The Bertz CT molecular complexity index is 647. The fourth-order valence-corrected chi connectivity index (χ4v) is 2.38. The summed E-state index contributed by atoms with van der Waals surface area (Å²) in [5.41, 5.74) is 3.38. The molecule has 1 aliphatic carbocycles. The number of hydrogen-bond donors (Lipinski definition) is 2. The van der Waals surface area contributed by atoms with Crippen molar-refractivity contribution in [2.45, 2.75) is 39.5 Å². The quantitative estimate of drug-likeness (QED) is 0.865. The third kappa shape index (κ3) is 3.15. The van der Waals surface area contributed by atoms with Gasteiger partial charge < -0.3 is 10.6 Å². The van der Waals surface area contributed by atoms with Crippen LogP contribution in [-0.4, -0.2) is 16.5 Å². The van der Waals surface area contributed by atoms with E-state index in [2.05, 4.69) is 60.7 Å². The van der Waals surface area contributed by atoms with Crippen molar-refractivity contribution in [1.82, 2.24) is 9.97 Å². The first-order chi connectivity index (χ1) is 10.2. The summed E-state index contributed by atoms with van der Waals surface area (Å²) in [5.74, 6) is 3.37. The van der Waals surface area contributed by atoms with E-state index in [1.165, 1.54) is 18.4 Å². The largest absolute Gasteiger partial charge is 0.370 e. The van der Waals surface area contributed by atoms with Crippen molar-refractivity contribution in [3.8, 4) is 0 Å². The number of nitrogens with one attached hydrogen (secondary N) is 2. The molecular formula is C17H22N4. The monoisotopic (exact) mass is 282 g/mol. The van der Waals surface area contributed by atoms with Crippen molar-refractivity contribution in [1.29, 1.82) is 0 Å². The van der Waals surface area contributed by atoms with Gasteiger partial charge in [0.25, 0.3) is 0 Å². The maximum atomic E-state index is 4.74. The molecule has 1 aromatic heterocycles. The van der Waals surface area contributed by atoms with Crippen molar-refractivity contribution in [2.75, 3.05) is 17.2 Å². The zero-order valence-corrected chi connectivity index (χ0v) is 12.9. The maximum absolute atomic E-state index is 4.74. The van der Waals surface area contributed by atoms with Gasteiger partial charge in [-0.25, -0.2) is 9.97 Å². The molecule has 1 aromatic carbocycles. The summed E-state index contributed by atoms with van der Waals surface area (Å²) in [6.07, 6.45) is 2.41. The molecule has 1 saturated carbocycles. The van der Waals surface area contributed by atoms with Crippen LogP contribution in [0.1, 0.15) is 42.6 Å². The van der Waals surface area contributed by atoms with Gasteiger partial charge in [0.1, 0.15) is 17.5 Å². The topological polar surface area (TPSA) is 49.8 Å². The summed E-state index contributed by atoms with van der Waals surface area (Å²) in [5, 5.41) is 6.79. The van der Waals surface area contributed by atoms with E-state index in [9.17, 15) is 0 Å². The third-order valence-corrected chi connectivity index (χ3v) is 3.73. The molecule has 0 aliphatic heterocycles. The molecule has 1 heterocycles. The van der Waals surface area contributed by atoms with Crippen molar-refractivity contribution in [2.24, 2.45) is 0 Å². The Labute approximate surface area is 126 Å². The van der Waals surface area contributed by atoms with Gasteiger partial charge in [0.15, 0.2) is 0 Å². The van der Waals surface area contributed by atoms with Crippen LogP contribution in [0.5, 0.6) is 0 Å². The average Bonchev–Trinajstić information content (AvgIpc) is 3.28. The van der Waals surface area contributed by atoms with Crippen LogP contribution in [0, 0.1) is 13.8 Å². The maximum Gasteiger partial charge on any atom is 0.139 e. The Hall–Kier alpha value is -2.10. The number of hydrogen-bond acceptors (Lipinski definition) is 4. The van der Waals surface area contributed by atoms with E-state index in [0.29, 0.717) is 5.92 Å². The van der Waals surface area contributed by atoms with E-state index in [0.717, 1.165) is 35.3 Å². The van der Waals surface area contributed by atoms with Gasteiger partial charge in [-0.2, -0.15) is 0 Å². The summed E-state index contributed by atoms with van der Waals surface area (Å²) >= 11 is 0. The molecule has 0 amide bonds. The molecule has 0 unspecified atom stereocenters. The van der Waals surface area contributed by atoms with Crippen molar-refractivity contribution in [3.05, 3.63) is 41.2 Å². The number of anilines is 3. The van der Waals surface area contributed by atoms with Crippen molar-refractivity contribution < 1.29 is 0 Å². The molecule has 2 aromatic rings. The molecule has 0 bridgehead atoms. The fourth-order valence-electron chi connectivity index (χ4n) is 2.38. The summed E-state index contributed by atoms with van der Waals surface area (Å²) in [4.78, 5) is 9.42. The first-order valence-electron chi connectivity index (χ1n) is 7.63. The third-order valence-electron chi connectivity index (χ3n) is 3.73. The fraction of sp³-hybridized carbons (Fsp3) is 0.412. The Kier molecular flexibility index (Phi) is 3.78. The van der Waals surface area contributed by atoms with E-state index in [4.69, 9.17) is 4.98 Å². The van der Waals surface area contributed by atoms with Gasteiger partial charge >= 0.3 is 0 Å². The van der Waals surface area contributed by atoms with E-state index in [-0.39, 0.29) is 0 Å². The normalized spacial score (nSPS) is 14.0. The zero-order valence-electron chi connectivity index (χ0n) is 12.9. The molecule has 2 N–H and O–H groups in total. The number of nitrogens with zero attached hydrogens (tertiary/aromatic N) is 2. The zero-order chi connectivity index (χ0) is 14.8. The summed E-state index contributed by atoms with van der Waals surface area (Å²) in [6, 6.07) is 8.35. The van der Waals surface area contributed by atoms with Crippen molar-refractivity contribution in [3.63, 3.8) is 0 Å². The number of rotatable bonds is 5. The molecule has 3 rings (SSSR count). The van der Waals surface area contributed by atoms with Gasteiger partial charge in [-0.3, -0.25) is 0 Å². The Morgan fingerprint density at radius 1 is 1.14 bits per heavy atom. The van der Waals surface area contributed by atoms with E-state index in [1.54, 1.807) is 0 Å². The van der Waals surface area contributed by atoms with Crippen LogP contribution in [0.2, 0.25) is 0 Å². The number of aryl methyl sites for hydroxylation is 1. The highest BCUT2D eigenvalue weighted by Gasteiger charge is 2.28. The highest BCUT2D eigenvalue weighted by atomic mass is 15.1. The summed E-state index contributed by atoms with van der Waals surface area (Å²) in [7, 11) is 0. The van der Waals surface area contributed by atoms with Crippen LogP contribution in [0.3, 0.4) is 0 Å². The first-order valence-corrected chi connectivity index (χ1v) is 7.63. The molecule has 0 radical (unpaired) electrons. The standard InChI is InChI=1S/C17H22N4/c1-4-18-15-12(3)16(21-17(20-15)13-8-9-13)19-14-7-5-6-11(2)10-14/h5-7,10,13H,4,8-9H2,1-3H3,(H2,18,19,20,21). The van der Waals surface area contributed by atoms with Crippen molar-refractivity contribution >= 4 is 17.3 Å². The van der Waals surface area contributed by atoms with Crippen LogP contribution in [0.4, 0.5) is 17.3 Å². The van der Waals surface area contributed by atoms with Crippen LogP contribution in [-0.2, 0) is 0 Å². The smallest absolute Gasteiger partial charge is 0.139 e. The molecule has 1 aliphatic rings. The van der Waals surface area contributed by atoms with Gasteiger partial charge in [0, 0.05) is 23.7 Å². The van der Waals surface area contributed by atoms with Gasteiger partial charge in [-0.05, 0) is 51.3 Å². The second-order valence-corrected chi connectivity index (χ2v) is 5.70. The molecular weight excluding hydrogens is 260 g/mol. The Balaban J connectivity index is 1.95. The predicted octanol–water partition coefficient (Wildman–Crippen LogP) is 4.15. The average molecular weight is 282 g/mol. The van der Waals surface area contributed by atoms with E-state index < -0.39 is 0 Å². The van der Waals surface area contributed by atoms with Crippen LogP contribution in [0.25, 0.3) is 0 Å². The van der Waals surface area contributed by atoms with E-state index in [1.807, 2.05) is 0 Å². The first kappa shape index (κ1) is 13.9. The summed E-state index contributed by atoms with van der Waals surface area (Å²) < 4.78 is 0. The SMILES string of the molecule is CCNc1nc(C2CC2)nc(Nc2cccc(C)c2)c1C. The molecule has 0 spiro atoms. The van der Waals surface area contributed by atoms with Crippen LogP contribution in [0.15, 0.2) is 24.3 Å². The lowest BCUT2D eigenvalue weighted by atomic mass is 10.2. The van der Waals surface area contributed by atoms with Crippen LogP contribution < -0.4 is 10.6 Å². The van der Waals surface area contributed by atoms with Crippen LogP contribution >= 0.6 is 0 Å². The van der Waals surface area contributed by atoms with Gasteiger partial charge in [-0.1, -0.05) is 12.1 Å². The highest BCUT2D eigenvalue weighted by Crippen LogP contribution is 2.39. The molecule has 4 heteroatoms. The predicted molar refractivity (Wildman–Crippen MR) is 87.4 cm³/mol. The molecule has 110 valence electrons. The highest BCUT2D eigenvalue weighted by molar-refractivity contribution is 5.65. The minimum absolute atomic E-state index is 0.543. The Morgan fingerprint density at radius 3 is 2.57 bits per heavy atom. The van der Waals surface area contributed by atoms with E-state index >= 15 is 0 Å². The minimum atomic E-state index is 0.543. The lowest BCUT2D eigenvalue weighted by Gasteiger charge is -2.14. The molecule has 0 saturated heterocycles. The molecule has 0 atom stereocenters. The van der Waals surface area contributed by atoms with Gasteiger partial charge in [-0.15, -0.1) is 0 Å². The molecule has 21 heavy (non-hydrogen) atoms. The Morgan fingerprint density at radius 2 is 1.90 bits per heavy atom. The minimum Gasteiger partial charge on any atom is -0.370 e. The second-order valence-electron chi connectivity index (χ2n) is 5.70. The molecule has 1 fully saturated rings. The lowest BCUT2D eigenvalue weighted by Crippen LogP contribution is -2.09. The second kappa shape index (κ2) is 5.72. The van der Waals surface area contributed by atoms with Gasteiger partial charge in [0.2, 0.25) is 0 Å². The van der Waals surface area contributed by atoms with Gasteiger partial charge in [0.05, 0.1) is 0 Å². The summed E-state index contributed by atoms with van der Waals surface area (Å²) in [6.45, 7) is 7.11. The lowest BCUT2D eigenvalue weighted by molar-refractivity contribution is 0.918. The number of benzene rings is 1.